The number of hydrogen-bond donors (Lipinski definition) is 0. The van der Waals surface area contributed by atoms with Gasteiger partial charge in [0.2, 0.25) is 15.9 Å². The Kier molecular flexibility index (Phi) is 4.57. The summed E-state index contributed by atoms with van der Waals surface area (Å²) in [6, 6.07) is 15.2. The molecule has 140 valence electrons. The van der Waals surface area contributed by atoms with Crippen LogP contribution in [-0.4, -0.2) is 36.0 Å². The average molecular weight is 383 g/mol. The first-order valence-corrected chi connectivity index (χ1v) is 10.3. The molecule has 0 radical (unpaired) electrons. The van der Waals surface area contributed by atoms with Gasteiger partial charge in [-0.2, -0.15) is 9.29 Å². The fraction of sp³-hybridized carbons (Fsp3) is 0.300. The first kappa shape index (κ1) is 17.9. The van der Waals surface area contributed by atoms with E-state index in [2.05, 4.69) is 10.1 Å². The van der Waals surface area contributed by atoms with Gasteiger partial charge < -0.3 is 4.52 Å². The highest BCUT2D eigenvalue weighted by atomic mass is 32.2. The molecule has 27 heavy (non-hydrogen) atoms. The molecule has 0 aliphatic carbocycles. The van der Waals surface area contributed by atoms with Crippen molar-refractivity contribution in [2.24, 2.45) is 0 Å². The van der Waals surface area contributed by atoms with Gasteiger partial charge in [-0.25, -0.2) is 8.42 Å². The molecule has 3 aromatic rings. The molecule has 0 unspecified atom stereocenters. The maximum Gasteiger partial charge on any atom is 0.243 e. The molecule has 2 aromatic carbocycles. The second kappa shape index (κ2) is 6.90. The Hall–Kier alpha value is -2.51. The van der Waals surface area contributed by atoms with Crippen LogP contribution in [0.5, 0.6) is 0 Å². The summed E-state index contributed by atoms with van der Waals surface area (Å²) in [4.78, 5) is 4.78. The molecule has 1 aliphatic heterocycles. The van der Waals surface area contributed by atoms with Crippen molar-refractivity contribution in [3.63, 3.8) is 0 Å². The molecular weight excluding hydrogens is 362 g/mol. The normalized spacial score (nSPS) is 15.6. The largest absolute Gasteiger partial charge is 0.339 e. The van der Waals surface area contributed by atoms with Crippen LogP contribution in [0.1, 0.15) is 34.3 Å². The minimum absolute atomic E-state index is 0.0525. The van der Waals surface area contributed by atoms with Gasteiger partial charge in [-0.05, 0) is 42.7 Å². The fourth-order valence-corrected chi connectivity index (χ4v) is 4.71. The quantitative estimate of drug-likeness (QED) is 0.677. The molecule has 7 heteroatoms. The zero-order valence-corrected chi connectivity index (χ0v) is 16.1. The highest BCUT2D eigenvalue weighted by Crippen LogP contribution is 2.31. The predicted molar refractivity (Wildman–Crippen MR) is 101 cm³/mol. The molecule has 0 bridgehead atoms. The third-order valence-electron chi connectivity index (χ3n) is 5.00. The van der Waals surface area contributed by atoms with Crippen molar-refractivity contribution in [1.29, 1.82) is 0 Å². The minimum Gasteiger partial charge on any atom is -0.339 e. The number of benzene rings is 2. The number of hydrogen-bond acceptors (Lipinski definition) is 5. The molecular formula is C20H21N3O3S. The summed E-state index contributed by atoms with van der Waals surface area (Å²) in [7, 11) is -3.48. The monoisotopic (exact) mass is 383 g/mol. The molecule has 4 rings (SSSR count). The summed E-state index contributed by atoms with van der Waals surface area (Å²) in [5, 5.41) is 4.03. The zero-order chi connectivity index (χ0) is 19.0. The van der Waals surface area contributed by atoms with Gasteiger partial charge in [0.25, 0.3) is 0 Å². The van der Waals surface area contributed by atoms with Gasteiger partial charge in [-0.15, -0.1) is 0 Å². The molecule has 0 saturated carbocycles. The lowest BCUT2D eigenvalue weighted by molar-refractivity contribution is 0.216. The third kappa shape index (κ3) is 3.52. The number of aromatic nitrogens is 2. The molecule has 1 saturated heterocycles. The molecule has 1 aliphatic rings. The summed E-state index contributed by atoms with van der Waals surface area (Å²) in [6.07, 6.45) is 0.599. The maximum absolute atomic E-state index is 12.8. The second-order valence-electron chi connectivity index (χ2n) is 6.98. The lowest BCUT2D eigenvalue weighted by Crippen LogP contribution is -2.48. The van der Waals surface area contributed by atoms with Gasteiger partial charge in [0.1, 0.15) is 0 Å². The van der Waals surface area contributed by atoms with Crippen molar-refractivity contribution < 1.29 is 12.9 Å². The Morgan fingerprint density at radius 3 is 2.52 bits per heavy atom. The molecule has 2 heterocycles. The predicted octanol–water partition coefficient (Wildman–Crippen LogP) is 3.07. The van der Waals surface area contributed by atoms with Crippen LogP contribution in [0.15, 0.2) is 57.9 Å². The molecule has 0 amide bonds. The summed E-state index contributed by atoms with van der Waals surface area (Å²) >= 11 is 0. The van der Waals surface area contributed by atoms with Crippen LogP contribution in [0, 0.1) is 13.8 Å². The fourth-order valence-electron chi connectivity index (χ4n) is 3.10. The lowest BCUT2D eigenvalue weighted by atomic mass is 10.0. The van der Waals surface area contributed by atoms with Crippen LogP contribution in [0.25, 0.3) is 0 Å². The van der Waals surface area contributed by atoms with E-state index in [1.54, 1.807) is 12.1 Å². The molecule has 1 fully saturated rings. The van der Waals surface area contributed by atoms with E-state index in [9.17, 15) is 8.42 Å². The topological polar surface area (TPSA) is 76.3 Å². The highest BCUT2D eigenvalue weighted by molar-refractivity contribution is 7.89. The van der Waals surface area contributed by atoms with E-state index in [1.165, 1.54) is 4.31 Å². The number of aryl methyl sites for hydroxylation is 2. The summed E-state index contributed by atoms with van der Waals surface area (Å²) in [5.41, 5.74) is 3.15. The Morgan fingerprint density at radius 1 is 1.07 bits per heavy atom. The first-order valence-electron chi connectivity index (χ1n) is 8.87. The van der Waals surface area contributed by atoms with E-state index >= 15 is 0 Å². The van der Waals surface area contributed by atoms with Gasteiger partial charge in [0.05, 0.1) is 10.8 Å². The summed E-state index contributed by atoms with van der Waals surface area (Å²) in [5.74, 6) is 1.07. The Bertz CT molecular complexity index is 1060. The SMILES string of the molecule is Cc1ccc(S(=O)(=O)N2CC(c3nc(Cc4ccccc4)no3)C2)cc1C. The van der Waals surface area contributed by atoms with Gasteiger partial charge in [0, 0.05) is 19.5 Å². The summed E-state index contributed by atoms with van der Waals surface area (Å²) in [6.45, 7) is 4.61. The highest BCUT2D eigenvalue weighted by Gasteiger charge is 2.40. The van der Waals surface area contributed by atoms with Crippen LogP contribution in [0.4, 0.5) is 0 Å². The van der Waals surface area contributed by atoms with Gasteiger partial charge >= 0.3 is 0 Å². The molecule has 0 N–H and O–H groups in total. The zero-order valence-electron chi connectivity index (χ0n) is 15.3. The van der Waals surface area contributed by atoms with Crippen molar-refractivity contribution in [1.82, 2.24) is 14.4 Å². The van der Waals surface area contributed by atoms with Gasteiger partial charge in [0.15, 0.2) is 5.82 Å². The van der Waals surface area contributed by atoms with Crippen molar-refractivity contribution in [2.75, 3.05) is 13.1 Å². The first-order chi connectivity index (χ1) is 12.9. The Labute approximate surface area is 158 Å². The molecule has 0 atom stereocenters. The van der Waals surface area contributed by atoms with Crippen LogP contribution < -0.4 is 0 Å². The Balaban J connectivity index is 1.42. The maximum atomic E-state index is 12.8. The van der Waals surface area contributed by atoms with E-state index in [0.29, 0.717) is 36.1 Å². The van der Waals surface area contributed by atoms with Crippen molar-refractivity contribution >= 4 is 10.0 Å². The van der Waals surface area contributed by atoms with Crippen molar-refractivity contribution in [2.45, 2.75) is 31.1 Å². The number of rotatable bonds is 5. The van der Waals surface area contributed by atoms with E-state index in [0.717, 1.165) is 16.7 Å². The number of sulfonamides is 1. The van der Waals surface area contributed by atoms with Crippen LogP contribution >= 0.6 is 0 Å². The third-order valence-corrected chi connectivity index (χ3v) is 6.83. The van der Waals surface area contributed by atoms with E-state index in [1.807, 2.05) is 50.2 Å². The average Bonchev–Trinajstić information content (AvgIpc) is 3.04. The van der Waals surface area contributed by atoms with Crippen LogP contribution in [0.2, 0.25) is 0 Å². The summed E-state index contributed by atoms with van der Waals surface area (Å²) < 4.78 is 32.3. The second-order valence-corrected chi connectivity index (χ2v) is 8.91. The smallest absolute Gasteiger partial charge is 0.243 e. The molecule has 6 nitrogen and oxygen atoms in total. The van der Waals surface area contributed by atoms with Crippen LogP contribution in [-0.2, 0) is 16.4 Å². The lowest BCUT2D eigenvalue weighted by Gasteiger charge is -2.35. The van der Waals surface area contributed by atoms with Crippen molar-refractivity contribution in [3.05, 3.63) is 76.9 Å². The standard InChI is InChI=1S/C20H21N3O3S/c1-14-8-9-18(10-15(14)2)27(24,25)23-12-17(13-23)20-21-19(22-26-20)11-16-6-4-3-5-7-16/h3-10,17H,11-13H2,1-2H3. The van der Waals surface area contributed by atoms with E-state index in [-0.39, 0.29) is 5.92 Å². The minimum atomic E-state index is -3.48. The van der Waals surface area contributed by atoms with E-state index in [4.69, 9.17) is 4.52 Å². The molecule has 0 spiro atoms. The van der Waals surface area contributed by atoms with Gasteiger partial charge in [-0.1, -0.05) is 41.6 Å². The van der Waals surface area contributed by atoms with E-state index < -0.39 is 10.0 Å². The van der Waals surface area contributed by atoms with Gasteiger partial charge in [-0.3, -0.25) is 0 Å². The van der Waals surface area contributed by atoms with Crippen LogP contribution in [0.3, 0.4) is 0 Å². The van der Waals surface area contributed by atoms with Crippen molar-refractivity contribution in [3.8, 4) is 0 Å². The number of nitrogens with zero attached hydrogens (tertiary/aromatic N) is 3. The molecule has 1 aromatic heterocycles. The Morgan fingerprint density at radius 2 is 1.81 bits per heavy atom.